The van der Waals surface area contributed by atoms with Crippen molar-refractivity contribution >= 4 is 28.4 Å². The number of nitrogens with zero attached hydrogens (tertiary/aromatic N) is 6. The van der Waals surface area contributed by atoms with E-state index in [-0.39, 0.29) is 11.9 Å². The molecule has 0 saturated carbocycles. The Morgan fingerprint density at radius 3 is 3.04 bits per heavy atom. The molecule has 4 rings (SSSR count). The predicted molar refractivity (Wildman–Crippen MR) is 89.5 cm³/mol. The molecule has 24 heavy (non-hydrogen) atoms. The van der Waals surface area contributed by atoms with Gasteiger partial charge in [-0.05, 0) is 25.0 Å². The normalized spacial score (nSPS) is 18.1. The Morgan fingerprint density at radius 1 is 1.29 bits per heavy atom. The monoisotopic (exact) mass is 323 g/mol. The van der Waals surface area contributed by atoms with Crippen LogP contribution < -0.4 is 10.2 Å². The van der Waals surface area contributed by atoms with Gasteiger partial charge in [0.15, 0.2) is 5.65 Å². The number of anilines is 2. The molecule has 1 aliphatic rings. The number of carbonyl (C=O) groups is 1. The van der Waals surface area contributed by atoms with Gasteiger partial charge in [0.25, 0.3) is 0 Å². The molecular weight excluding hydrogens is 306 g/mol. The summed E-state index contributed by atoms with van der Waals surface area (Å²) in [5.41, 5.74) is 1.56. The first-order chi connectivity index (χ1) is 11.7. The number of fused-ring (bicyclic) bond motifs is 1. The number of rotatable bonds is 3. The van der Waals surface area contributed by atoms with Gasteiger partial charge in [-0.25, -0.2) is 9.97 Å². The van der Waals surface area contributed by atoms with Crippen molar-refractivity contribution in [1.82, 2.24) is 24.7 Å². The Hall–Kier alpha value is -3.03. The number of aryl methyl sites for hydroxylation is 1. The van der Waals surface area contributed by atoms with E-state index in [1.165, 1.54) is 6.33 Å². The molecule has 4 heterocycles. The van der Waals surface area contributed by atoms with Crippen LogP contribution in [0.3, 0.4) is 0 Å². The fraction of sp³-hybridized carbons (Fsp3) is 0.312. The highest BCUT2D eigenvalue weighted by Gasteiger charge is 2.30. The van der Waals surface area contributed by atoms with E-state index >= 15 is 0 Å². The molecule has 3 aromatic heterocycles. The number of pyridine rings is 1. The molecule has 1 amide bonds. The Bertz CT molecular complexity index is 877. The van der Waals surface area contributed by atoms with Crippen LogP contribution in [0.1, 0.15) is 12.8 Å². The molecule has 122 valence electrons. The van der Waals surface area contributed by atoms with Gasteiger partial charge < -0.3 is 10.2 Å². The number of aromatic nitrogens is 5. The van der Waals surface area contributed by atoms with E-state index in [1.54, 1.807) is 28.2 Å². The molecule has 1 saturated heterocycles. The fourth-order valence-corrected chi connectivity index (χ4v) is 3.02. The Morgan fingerprint density at radius 2 is 2.21 bits per heavy atom. The first-order valence-electron chi connectivity index (χ1n) is 7.84. The minimum Gasteiger partial charge on any atom is -0.358 e. The van der Waals surface area contributed by atoms with Crippen LogP contribution in [0.15, 0.2) is 37.1 Å². The summed E-state index contributed by atoms with van der Waals surface area (Å²) in [6.07, 6.45) is 8.29. The van der Waals surface area contributed by atoms with Gasteiger partial charge in [-0.2, -0.15) is 5.10 Å². The predicted octanol–water partition coefficient (Wildman–Crippen LogP) is 1.37. The molecule has 8 heteroatoms. The lowest BCUT2D eigenvalue weighted by atomic mass is 10.0. The second-order valence-electron chi connectivity index (χ2n) is 5.77. The summed E-state index contributed by atoms with van der Waals surface area (Å²) in [5.74, 6) is 0.671. The van der Waals surface area contributed by atoms with Crippen LogP contribution in [0.25, 0.3) is 11.0 Å². The maximum absolute atomic E-state index is 12.8. The minimum absolute atomic E-state index is 0.0323. The van der Waals surface area contributed by atoms with Crippen molar-refractivity contribution in [3.8, 4) is 0 Å². The van der Waals surface area contributed by atoms with Gasteiger partial charge >= 0.3 is 0 Å². The molecule has 0 radical (unpaired) electrons. The third-order valence-corrected chi connectivity index (χ3v) is 4.24. The Kier molecular flexibility index (Phi) is 3.56. The van der Waals surface area contributed by atoms with Crippen LogP contribution in [0, 0.1) is 0 Å². The van der Waals surface area contributed by atoms with Gasteiger partial charge in [-0.15, -0.1) is 0 Å². The zero-order valence-electron chi connectivity index (χ0n) is 13.3. The van der Waals surface area contributed by atoms with Crippen molar-refractivity contribution in [2.45, 2.75) is 18.9 Å². The number of nitrogens with one attached hydrogen (secondary N) is 1. The van der Waals surface area contributed by atoms with E-state index < -0.39 is 0 Å². The smallest absolute Gasteiger partial charge is 0.249 e. The first kappa shape index (κ1) is 14.6. The Labute approximate surface area is 138 Å². The molecule has 0 aromatic carbocycles. The van der Waals surface area contributed by atoms with Crippen molar-refractivity contribution < 1.29 is 4.79 Å². The second-order valence-corrected chi connectivity index (χ2v) is 5.77. The van der Waals surface area contributed by atoms with Crippen LogP contribution in [0.4, 0.5) is 11.5 Å². The maximum Gasteiger partial charge on any atom is 0.249 e. The van der Waals surface area contributed by atoms with E-state index in [1.807, 2.05) is 19.2 Å². The zero-order chi connectivity index (χ0) is 16.5. The van der Waals surface area contributed by atoms with Gasteiger partial charge in [-0.3, -0.25) is 14.5 Å². The van der Waals surface area contributed by atoms with Crippen molar-refractivity contribution in [3.63, 3.8) is 0 Å². The van der Waals surface area contributed by atoms with E-state index in [2.05, 4.69) is 25.4 Å². The SMILES string of the molecule is Cn1ncc2c(NC3CCCN(c4cccnc4)C3=O)ncnc21. The molecule has 8 nitrogen and oxygen atoms in total. The zero-order valence-corrected chi connectivity index (χ0v) is 13.3. The van der Waals surface area contributed by atoms with Crippen LogP contribution in [0.5, 0.6) is 0 Å². The molecule has 1 fully saturated rings. The number of hydrogen-bond acceptors (Lipinski definition) is 6. The molecule has 1 atom stereocenters. The van der Waals surface area contributed by atoms with E-state index in [4.69, 9.17) is 0 Å². The number of amides is 1. The maximum atomic E-state index is 12.8. The molecule has 1 aliphatic heterocycles. The lowest BCUT2D eigenvalue weighted by Crippen LogP contribution is -2.48. The van der Waals surface area contributed by atoms with Gasteiger partial charge in [0, 0.05) is 19.8 Å². The summed E-state index contributed by atoms with van der Waals surface area (Å²) in [6.45, 7) is 0.703. The first-order valence-corrected chi connectivity index (χ1v) is 7.84. The lowest BCUT2D eigenvalue weighted by molar-refractivity contribution is -0.120. The number of piperidine rings is 1. The largest absolute Gasteiger partial charge is 0.358 e. The number of hydrogen-bond donors (Lipinski definition) is 1. The van der Waals surface area contributed by atoms with Crippen molar-refractivity contribution in [1.29, 1.82) is 0 Å². The van der Waals surface area contributed by atoms with Gasteiger partial charge in [0.2, 0.25) is 5.91 Å². The molecule has 0 spiro atoms. The van der Waals surface area contributed by atoms with Crippen LogP contribution in [-0.2, 0) is 11.8 Å². The summed E-state index contributed by atoms with van der Waals surface area (Å²) in [4.78, 5) is 27.2. The average Bonchev–Trinajstić information content (AvgIpc) is 3.00. The van der Waals surface area contributed by atoms with Gasteiger partial charge in [0.05, 0.1) is 23.5 Å². The summed E-state index contributed by atoms with van der Waals surface area (Å²) in [5, 5.41) is 8.28. The highest BCUT2D eigenvalue weighted by molar-refractivity contribution is 6.00. The summed E-state index contributed by atoms with van der Waals surface area (Å²) in [6, 6.07) is 3.41. The lowest BCUT2D eigenvalue weighted by Gasteiger charge is -2.32. The summed E-state index contributed by atoms with van der Waals surface area (Å²) < 4.78 is 1.69. The van der Waals surface area contributed by atoms with Crippen molar-refractivity contribution in [3.05, 3.63) is 37.1 Å². The van der Waals surface area contributed by atoms with Crippen molar-refractivity contribution in [2.24, 2.45) is 7.05 Å². The molecule has 3 aromatic rings. The van der Waals surface area contributed by atoms with Crippen LogP contribution >= 0.6 is 0 Å². The average molecular weight is 323 g/mol. The van der Waals surface area contributed by atoms with Crippen LogP contribution in [-0.4, -0.2) is 43.2 Å². The van der Waals surface area contributed by atoms with Crippen molar-refractivity contribution in [2.75, 3.05) is 16.8 Å². The van der Waals surface area contributed by atoms with E-state index in [9.17, 15) is 4.79 Å². The topological polar surface area (TPSA) is 88.8 Å². The van der Waals surface area contributed by atoms with Gasteiger partial charge in [0.1, 0.15) is 18.2 Å². The third-order valence-electron chi connectivity index (χ3n) is 4.24. The van der Waals surface area contributed by atoms with E-state index in [0.717, 1.165) is 29.6 Å². The standard InChI is InChI=1S/C16H17N7O/c1-22-15-12(9-20-22)14(18-10-19-15)21-13-5-3-7-23(16(13)24)11-4-2-6-17-8-11/h2,4,6,8-10,13H,3,5,7H2,1H3,(H,18,19,21). The van der Waals surface area contributed by atoms with Crippen LogP contribution in [0.2, 0.25) is 0 Å². The molecule has 0 bridgehead atoms. The van der Waals surface area contributed by atoms with Gasteiger partial charge in [-0.1, -0.05) is 0 Å². The molecule has 1 unspecified atom stereocenters. The quantitative estimate of drug-likeness (QED) is 0.783. The minimum atomic E-state index is -0.322. The molecule has 0 aliphatic carbocycles. The fourth-order valence-electron chi connectivity index (χ4n) is 3.02. The highest BCUT2D eigenvalue weighted by atomic mass is 16.2. The van der Waals surface area contributed by atoms with E-state index in [0.29, 0.717) is 12.4 Å². The summed E-state index contributed by atoms with van der Waals surface area (Å²) in [7, 11) is 1.83. The molecule has 1 N–H and O–H groups in total. The Balaban J connectivity index is 1.61. The highest BCUT2D eigenvalue weighted by Crippen LogP contribution is 2.24. The summed E-state index contributed by atoms with van der Waals surface area (Å²) >= 11 is 0. The number of carbonyl (C=O) groups excluding carboxylic acids is 1. The molecular formula is C16H17N7O. The second kappa shape index (κ2) is 5.88. The third kappa shape index (κ3) is 2.45.